The van der Waals surface area contributed by atoms with Crippen LogP contribution in [-0.2, 0) is 14.3 Å². The number of carbonyl (C=O) groups excluding carboxylic acids is 1. The topological polar surface area (TPSA) is 113 Å². The van der Waals surface area contributed by atoms with E-state index in [9.17, 15) is 9.59 Å². The summed E-state index contributed by atoms with van der Waals surface area (Å²) < 4.78 is 5.03. The van der Waals surface area contributed by atoms with E-state index < -0.39 is 29.7 Å². The fraction of sp³-hybridized carbons (Fsp3) is 0.400. The van der Waals surface area contributed by atoms with Gasteiger partial charge in [-0.1, -0.05) is 30.3 Å². The minimum absolute atomic E-state index is 0.496. The van der Waals surface area contributed by atoms with Gasteiger partial charge in [0.1, 0.15) is 5.60 Å². The third kappa shape index (κ3) is 9.35. The molecule has 0 saturated heterocycles. The van der Waals surface area contributed by atoms with Crippen LogP contribution in [0.5, 0.6) is 0 Å². The molecule has 3 N–H and O–H groups in total. The summed E-state index contributed by atoms with van der Waals surface area (Å²) in [6, 6.07) is 7.35. The maximum Gasteiger partial charge on any atom is 0.408 e. The first-order chi connectivity index (χ1) is 10.0. The zero-order valence-electron chi connectivity index (χ0n) is 13.0. The third-order valence-electron chi connectivity index (χ3n) is 2.04. The van der Waals surface area contributed by atoms with Gasteiger partial charge in [0.15, 0.2) is 6.04 Å². The molecule has 0 aliphatic heterocycles. The molecule has 0 heterocycles. The zero-order valence-corrected chi connectivity index (χ0v) is 13.0. The minimum Gasteiger partial charge on any atom is -0.481 e. The number of nitrogens with one attached hydrogen (secondary N) is 1. The zero-order chi connectivity index (χ0) is 17.3. The van der Waals surface area contributed by atoms with Gasteiger partial charge in [0.2, 0.25) is 0 Å². The molecule has 7 nitrogen and oxygen atoms in total. The predicted octanol–water partition coefficient (Wildman–Crippen LogP) is 2.43. The highest BCUT2D eigenvalue weighted by molar-refractivity contribution is 5.81. The molecule has 122 valence electrons. The second-order valence-corrected chi connectivity index (χ2v) is 5.35. The van der Waals surface area contributed by atoms with Crippen molar-refractivity contribution in [3.05, 3.63) is 35.9 Å². The number of carbonyl (C=O) groups is 3. The number of hydrogen-bond donors (Lipinski definition) is 3. The van der Waals surface area contributed by atoms with E-state index in [-0.39, 0.29) is 0 Å². The molecule has 1 aromatic carbocycles. The van der Waals surface area contributed by atoms with Gasteiger partial charge < -0.3 is 20.3 Å². The van der Waals surface area contributed by atoms with Crippen molar-refractivity contribution in [2.24, 2.45) is 0 Å². The number of rotatable bonds is 3. The monoisotopic (exact) mass is 311 g/mol. The van der Waals surface area contributed by atoms with Crippen LogP contribution < -0.4 is 5.32 Å². The van der Waals surface area contributed by atoms with Crippen LogP contribution in [0.1, 0.15) is 39.3 Å². The minimum atomic E-state index is -1.13. The SMILES string of the molecule is CC(=O)O.CC(C)(C)OC(=O)NC(C(=O)O)c1ccccc1. The maximum absolute atomic E-state index is 11.6. The summed E-state index contributed by atoms with van der Waals surface area (Å²) in [5.41, 5.74) is -0.167. The molecular formula is C15H21NO6. The highest BCUT2D eigenvalue weighted by Crippen LogP contribution is 2.14. The van der Waals surface area contributed by atoms with E-state index in [1.54, 1.807) is 51.1 Å². The standard InChI is InChI=1S/C13H17NO4.C2H4O2/c1-13(2,3)18-12(17)14-10(11(15)16)9-7-5-4-6-8-9;1-2(3)4/h4-8,10H,1-3H3,(H,14,17)(H,15,16);1H3,(H,3,4). The number of carboxylic acids is 2. The van der Waals surface area contributed by atoms with Gasteiger partial charge in [-0.25, -0.2) is 9.59 Å². The fourth-order valence-corrected chi connectivity index (χ4v) is 1.36. The molecule has 1 aromatic rings. The number of amides is 1. The van der Waals surface area contributed by atoms with Gasteiger partial charge >= 0.3 is 12.1 Å². The Hall–Kier alpha value is -2.57. The molecule has 0 spiro atoms. The summed E-state index contributed by atoms with van der Waals surface area (Å²) >= 11 is 0. The average molecular weight is 311 g/mol. The number of alkyl carbamates (subject to hydrolysis) is 1. The molecular weight excluding hydrogens is 290 g/mol. The van der Waals surface area contributed by atoms with Gasteiger partial charge in [-0.2, -0.15) is 0 Å². The first-order valence-electron chi connectivity index (χ1n) is 6.49. The number of hydrogen-bond acceptors (Lipinski definition) is 4. The lowest BCUT2D eigenvalue weighted by Crippen LogP contribution is -2.38. The van der Waals surface area contributed by atoms with Gasteiger partial charge in [-0.3, -0.25) is 4.79 Å². The molecule has 1 rings (SSSR count). The Kier molecular flexibility index (Phi) is 7.65. The number of ether oxygens (including phenoxy) is 1. The Balaban J connectivity index is 0.000000980. The lowest BCUT2D eigenvalue weighted by molar-refractivity contribution is -0.139. The lowest BCUT2D eigenvalue weighted by atomic mass is 10.1. The van der Waals surface area contributed by atoms with Crippen LogP contribution in [0.2, 0.25) is 0 Å². The van der Waals surface area contributed by atoms with Crippen LogP contribution in [0.25, 0.3) is 0 Å². The molecule has 0 bridgehead atoms. The summed E-state index contributed by atoms with van der Waals surface area (Å²) in [5.74, 6) is -1.97. The first-order valence-corrected chi connectivity index (χ1v) is 6.49. The van der Waals surface area contributed by atoms with Crippen LogP contribution in [0, 0.1) is 0 Å². The van der Waals surface area contributed by atoms with E-state index in [1.807, 2.05) is 0 Å². The van der Waals surface area contributed by atoms with Gasteiger partial charge in [-0.15, -0.1) is 0 Å². The molecule has 0 aromatic heterocycles. The Morgan fingerprint density at radius 1 is 1.09 bits per heavy atom. The molecule has 1 atom stereocenters. The van der Waals surface area contributed by atoms with Crippen molar-refractivity contribution in [3.8, 4) is 0 Å². The maximum atomic E-state index is 11.6. The summed E-state index contributed by atoms with van der Waals surface area (Å²) in [7, 11) is 0. The molecule has 0 radical (unpaired) electrons. The van der Waals surface area contributed by atoms with E-state index in [0.717, 1.165) is 6.92 Å². The summed E-state index contributed by atoms with van der Waals surface area (Å²) in [6.45, 7) is 6.22. The van der Waals surface area contributed by atoms with E-state index in [4.69, 9.17) is 19.7 Å². The van der Waals surface area contributed by atoms with E-state index in [1.165, 1.54) is 0 Å². The molecule has 22 heavy (non-hydrogen) atoms. The molecule has 0 aliphatic carbocycles. The van der Waals surface area contributed by atoms with Crippen LogP contribution in [0.3, 0.4) is 0 Å². The second kappa shape index (κ2) is 8.66. The van der Waals surface area contributed by atoms with Crippen LogP contribution in [-0.4, -0.2) is 33.8 Å². The first kappa shape index (κ1) is 19.4. The molecule has 0 fully saturated rings. The Bertz CT molecular complexity index is 503. The fourth-order valence-electron chi connectivity index (χ4n) is 1.36. The van der Waals surface area contributed by atoms with E-state index in [0.29, 0.717) is 5.56 Å². The van der Waals surface area contributed by atoms with Crippen LogP contribution >= 0.6 is 0 Å². The van der Waals surface area contributed by atoms with Crippen LogP contribution in [0.15, 0.2) is 30.3 Å². The van der Waals surface area contributed by atoms with E-state index >= 15 is 0 Å². The normalized spacial score (nSPS) is 11.5. The van der Waals surface area contributed by atoms with Crippen molar-refractivity contribution < 1.29 is 29.3 Å². The second-order valence-electron chi connectivity index (χ2n) is 5.35. The van der Waals surface area contributed by atoms with Crippen molar-refractivity contribution in [2.45, 2.75) is 39.3 Å². The lowest BCUT2D eigenvalue weighted by Gasteiger charge is -2.22. The Morgan fingerprint density at radius 3 is 1.91 bits per heavy atom. The highest BCUT2D eigenvalue weighted by Gasteiger charge is 2.24. The highest BCUT2D eigenvalue weighted by atomic mass is 16.6. The van der Waals surface area contributed by atoms with Gasteiger partial charge in [-0.05, 0) is 26.3 Å². The van der Waals surface area contributed by atoms with Crippen molar-refractivity contribution in [3.63, 3.8) is 0 Å². The third-order valence-corrected chi connectivity index (χ3v) is 2.04. The summed E-state index contributed by atoms with van der Waals surface area (Å²) in [5, 5.41) is 18.8. The number of carboxylic acid groups (broad SMARTS) is 2. The molecule has 0 aliphatic rings. The van der Waals surface area contributed by atoms with Crippen LogP contribution in [0.4, 0.5) is 4.79 Å². The summed E-state index contributed by atoms with van der Waals surface area (Å²) in [6.07, 6.45) is -0.751. The average Bonchev–Trinajstić information content (AvgIpc) is 2.34. The number of aliphatic carboxylic acids is 2. The predicted molar refractivity (Wildman–Crippen MR) is 79.5 cm³/mol. The molecule has 7 heteroatoms. The smallest absolute Gasteiger partial charge is 0.408 e. The quantitative estimate of drug-likeness (QED) is 0.790. The molecule has 1 unspecified atom stereocenters. The van der Waals surface area contributed by atoms with Crippen molar-refractivity contribution in [1.29, 1.82) is 0 Å². The molecule has 0 saturated carbocycles. The van der Waals surface area contributed by atoms with Crippen molar-refractivity contribution in [2.75, 3.05) is 0 Å². The summed E-state index contributed by atoms with van der Waals surface area (Å²) in [4.78, 5) is 31.7. The van der Waals surface area contributed by atoms with Crippen molar-refractivity contribution >= 4 is 18.0 Å². The van der Waals surface area contributed by atoms with Gasteiger partial charge in [0, 0.05) is 6.92 Å². The van der Waals surface area contributed by atoms with E-state index in [2.05, 4.69) is 5.32 Å². The van der Waals surface area contributed by atoms with Crippen molar-refractivity contribution in [1.82, 2.24) is 5.32 Å². The number of benzene rings is 1. The Labute approximate surface area is 128 Å². The van der Waals surface area contributed by atoms with Gasteiger partial charge in [0.25, 0.3) is 5.97 Å². The largest absolute Gasteiger partial charge is 0.481 e. The molecule has 1 amide bonds. The van der Waals surface area contributed by atoms with Gasteiger partial charge in [0.05, 0.1) is 0 Å². The Morgan fingerprint density at radius 2 is 1.55 bits per heavy atom.